The molecule has 108 valence electrons. The molecule has 1 unspecified atom stereocenters. The molecule has 19 heavy (non-hydrogen) atoms. The minimum atomic E-state index is 0.0699. The molecule has 1 fully saturated rings. The van der Waals surface area contributed by atoms with Gasteiger partial charge in [0.15, 0.2) is 0 Å². The minimum Gasteiger partial charge on any atom is -0.383 e. The number of ether oxygens (including phenoxy) is 1. The topological polar surface area (TPSA) is 34.1 Å². The van der Waals surface area contributed by atoms with Crippen LogP contribution in [0.3, 0.4) is 0 Å². The first-order valence-corrected chi connectivity index (χ1v) is 8.10. The highest BCUT2D eigenvalue weighted by molar-refractivity contribution is 7.09. The average molecular weight is 282 g/mol. The van der Waals surface area contributed by atoms with E-state index in [1.165, 1.54) is 37.1 Å². The van der Waals surface area contributed by atoms with Crippen LogP contribution < -0.4 is 5.32 Å². The van der Waals surface area contributed by atoms with Crippen LogP contribution in [0.5, 0.6) is 0 Å². The summed E-state index contributed by atoms with van der Waals surface area (Å²) in [6.07, 6.45) is 8.13. The fraction of sp³-hybridized carbons (Fsp3) is 0.800. The minimum absolute atomic E-state index is 0.0699. The van der Waals surface area contributed by atoms with Gasteiger partial charge in [0.05, 0.1) is 12.1 Å². The third kappa shape index (κ3) is 3.77. The quantitative estimate of drug-likeness (QED) is 0.662. The number of rotatable bonds is 5. The summed E-state index contributed by atoms with van der Waals surface area (Å²) in [6.45, 7) is 6.44. The summed E-state index contributed by atoms with van der Waals surface area (Å²) in [5.74, 6) is 0. The molecule has 2 rings (SSSR count). The summed E-state index contributed by atoms with van der Waals surface area (Å²) in [6, 6.07) is 0. The first-order valence-electron chi connectivity index (χ1n) is 7.22. The van der Waals surface area contributed by atoms with Gasteiger partial charge < -0.3 is 10.1 Å². The molecule has 0 bridgehead atoms. The Morgan fingerprint density at radius 3 is 2.84 bits per heavy atom. The summed E-state index contributed by atoms with van der Waals surface area (Å²) >= 11 is 1.78. The molecule has 0 aliphatic heterocycles. The number of aromatic nitrogens is 1. The normalized spacial score (nSPS) is 27.1. The van der Waals surface area contributed by atoms with Gasteiger partial charge in [0.25, 0.3) is 0 Å². The lowest BCUT2D eigenvalue weighted by atomic mass is 9.83. The fourth-order valence-corrected chi connectivity index (χ4v) is 3.86. The van der Waals surface area contributed by atoms with Gasteiger partial charge >= 0.3 is 0 Å². The number of thiazole rings is 1. The molecule has 1 atom stereocenters. The molecule has 1 N–H and O–H groups in total. The van der Waals surface area contributed by atoms with Crippen LogP contribution in [-0.4, -0.2) is 25.2 Å². The average Bonchev–Trinajstić information content (AvgIpc) is 2.85. The molecule has 0 aromatic carbocycles. The van der Waals surface area contributed by atoms with Crippen LogP contribution in [0.1, 0.15) is 51.0 Å². The predicted molar refractivity (Wildman–Crippen MR) is 80.5 cm³/mol. The van der Waals surface area contributed by atoms with Gasteiger partial charge in [-0.15, -0.1) is 11.3 Å². The largest absolute Gasteiger partial charge is 0.383 e. The van der Waals surface area contributed by atoms with Crippen molar-refractivity contribution in [3.8, 4) is 0 Å². The van der Waals surface area contributed by atoms with Crippen molar-refractivity contribution < 1.29 is 4.74 Å². The Bertz CT molecular complexity index is 378. The van der Waals surface area contributed by atoms with Crippen molar-refractivity contribution in [2.45, 2.75) is 51.5 Å². The molecule has 0 spiro atoms. The van der Waals surface area contributed by atoms with Gasteiger partial charge in [-0.2, -0.15) is 0 Å². The highest BCUT2D eigenvalue weighted by Gasteiger charge is 2.38. The lowest BCUT2D eigenvalue weighted by molar-refractivity contribution is 0.175. The van der Waals surface area contributed by atoms with E-state index in [0.29, 0.717) is 5.41 Å². The SMILES string of the molecule is COCCNC1(c2nccs2)CCCC(C)(C)CC1. The zero-order chi connectivity index (χ0) is 13.8. The number of hydrogen-bond donors (Lipinski definition) is 1. The van der Waals surface area contributed by atoms with E-state index in [0.717, 1.165) is 13.2 Å². The number of hydrogen-bond acceptors (Lipinski definition) is 4. The van der Waals surface area contributed by atoms with E-state index in [-0.39, 0.29) is 5.54 Å². The summed E-state index contributed by atoms with van der Waals surface area (Å²) in [5, 5.41) is 7.08. The third-order valence-electron chi connectivity index (χ3n) is 4.30. The standard InChI is InChI=1S/C15H26N2OS/c1-14(2)5-4-6-15(8-7-14,17-9-11-18-3)13-16-10-12-19-13/h10,12,17H,4-9,11H2,1-3H3. The van der Waals surface area contributed by atoms with Crippen LogP contribution in [0.15, 0.2) is 11.6 Å². The van der Waals surface area contributed by atoms with Crippen LogP contribution in [-0.2, 0) is 10.3 Å². The Hall–Kier alpha value is -0.450. The van der Waals surface area contributed by atoms with Gasteiger partial charge in [0, 0.05) is 25.2 Å². The van der Waals surface area contributed by atoms with E-state index in [2.05, 4.69) is 29.5 Å². The molecule has 1 aromatic heterocycles. The lowest BCUT2D eigenvalue weighted by Crippen LogP contribution is -2.43. The van der Waals surface area contributed by atoms with Crippen molar-refractivity contribution in [2.75, 3.05) is 20.3 Å². The molecule has 4 heteroatoms. The van der Waals surface area contributed by atoms with Crippen LogP contribution >= 0.6 is 11.3 Å². The number of nitrogens with zero attached hydrogens (tertiary/aromatic N) is 1. The van der Waals surface area contributed by atoms with E-state index in [1.807, 2.05) is 6.20 Å². The van der Waals surface area contributed by atoms with E-state index < -0.39 is 0 Å². The molecule has 1 aliphatic carbocycles. The van der Waals surface area contributed by atoms with Gasteiger partial charge in [0.2, 0.25) is 0 Å². The molecule has 0 radical (unpaired) electrons. The zero-order valence-electron chi connectivity index (χ0n) is 12.4. The second-order valence-corrected chi connectivity index (χ2v) is 7.25. The molecule has 0 amide bonds. The maximum Gasteiger partial charge on any atom is 0.113 e. The molecule has 1 aliphatic rings. The van der Waals surface area contributed by atoms with Gasteiger partial charge in [-0.3, -0.25) is 0 Å². The van der Waals surface area contributed by atoms with Crippen molar-refractivity contribution in [1.82, 2.24) is 10.3 Å². The van der Waals surface area contributed by atoms with Crippen LogP contribution in [0.4, 0.5) is 0 Å². The first-order chi connectivity index (χ1) is 9.08. The fourth-order valence-electron chi connectivity index (χ4n) is 2.99. The van der Waals surface area contributed by atoms with E-state index in [1.54, 1.807) is 18.4 Å². The molecular formula is C15H26N2OS. The van der Waals surface area contributed by atoms with Crippen LogP contribution in [0, 0.1) is 5.41 Å². The van der Waals surface area contributed by atoms with Gasteiger partial charge in [-0.1, -0.05) is 20.3 Å². The predicted octanol–water partition coefficient (Wildman–Crippen LogP) is 3.56. The van der Waals surface area contributed by atoms with Crippen molar-refractivity contribution >= 4 is 11.3 Å². The molecular weight excluding hydrogens is 256 g/mol. The Labute approximate surface area is 120 Å². The maximum absolute atomic E-state index is 5.19. The summed E-state index contributed by atoms with van der Waals surface area (Å²) in [4.78, 5) is 4.60. The second kappa shape index (κ2) is 6.33. The summed E-state index contributed by atoms with van der Waals surface area (Å²) in [5.41, 5.74) is 0.530. The maximum atomic E-state index is 5.19. The first kappa shape index (κ1) is 14.9. The monoisotopic (exact) mass is 282 g/mol. The number of nitrogens with one attached hydrogen (secondary N) is 1. The zero-order valence-corrected chi connectivity index (χ0v) is 13.2. The molecule has 1 saturated carbocycles. The Kier molecular flexibility index (Phi) is 4.98. The lowest BCUT2D eigenvalue weighted by Gasteiger charge is -2.33. The van der Waals surface area contributed by atoms with Crippen molar-refractivity contribution in [3.63, 3.8) is 0 Å². The highest BCUT2D eigenvalue weighted by Crippen LogP contribution is 2.43. The second-order valence-electron chi connectivity index (χ2n) is 6.36. The Morgan fingerprint density at radius 1 is 1.32 bits per heavy atom. The Morgan fingerprint density at radius 2 is 2.16 bits per heavy atom. The third-order valence-corrected chi connectivity index (χ3v) is 5.27. The Balaban J connectivity index is 2.14. The van der Waals surface area contributed by atoms with E-state index >= 15 is 0 Å². The molecule has 1 heterocycles. The van der Waals surface area contributed by atoms with Crippen molar-refractivity contribution in [3.05, 3.63) is 16.6 Å². The highest BCUT2D eigenvalue weighted by atomic mass is 32.1. The van der Waals surface area contributed by atoms with Crippen molar-refractivity contribution in [1.29, 1.82) is 0 Å². The molecule has 3 nitrogen and oxygen atoms in total. The van der Waals surface area contributed by atoms with Crippen LogP contribution in [0.25, 0.3) is 0 Å². The van der Waals surface area contributed by atoms with Gasteiger partial charge in [-0.05, 0) is 31.1 Å². The van der Waals surface area contributed by atoms with Crippen molar-refractivity contribution in [2.24, 2.45) is 5.41 Å². The summed E-state index contributed by atoms with van der Waals surface area (Å²) in [7, 11) is 1.76. The van der Waals surface area contributed by atoms with Crippen LogP contribution in [0.2, 0.25) is 0 Å². The molecule has 0 saturated heterocycles. The molecule has 1 aromatic rings. The van der Waals surface area contributed by atoms with E-state index in [9.17, 15) is 0 Å². The van der Waals surface area contributed by atoms with Gasteiger partial charge in [0.1, 0.15) is 5.01 Å². The summed E-state index contributed by atoms with van der Waals surface area (Å²) < 4.78 is 5.19. The smallest absolute Gasteiger partial charge is 0.113 e. The van der Waals surface area contributed by atoms with Gasteiger partial charge in [-0.25, -0.2) is 4.98 Å². The number of methoxy groups -OCH3 is 1. The van der Waals surface area contributed by atoms with E-state index in [4.69, 9.17) is 4.74 Å².